The van der Waals surface area contributed by atoms with Crippen LogP contribution in [0.25, 0.3) is 5.69 Å². The van der Waals surface area contributed by atoms with Gasteiger partial charge in [-0.15, -0.1) is 12.4 Å². The van der Waals surface area contributed by atoms with Crippen LogP contribution < -0.4 is 16.4 Å². The molecule has 1 unspecified atom stereocenters. The van der Waals surface area contributed by atoms with Crippen molar-refractivity contribution in [3.8, 4) is 5.69 Å². The maximum Gasteiger partial charge on any atom is 0.239 e. The Hall–Kier alpha value is -2.45. The summed E-state index contributed by atoms with van der Waals surface area (Å²) in [6.07, 6.45) is 1.65. The first-order valence-electron chi connectivity index (χ1n) is 7.49. The number of amides is 2. The van der Waals surface area contributed by atoms with Gasteiger partial charge >= 0.3 is 0 Å². The quantitative estimate of drug-likeness (QED) is 0.706. The third-order valence-corrected chi connectivity index (χ3v) is 3.59. The van der Waals surface area contributed by atoms with E-state index >= 15 is 0 Å². The third-order valence-electron chi connectivity index (χ3n) is 3.59. The number of halogens is 2. The summed E-state index contributed by atoms with van der Waals surface area (Å²) in [7, 11) is 0. The van der Waals surface area contributed by atoms with E-state index in [-0.39, 0.29) is 43.3 Å². The average molecular weight is 370 g/mol. The standard InChI is InChI=1S/C16H20FN5O2.ClH/c1-10(21-16(24)9-19-15(23)7-18)14-8-20-22(11(14)2)13-5-3-12(17)4-6-13;/h3-6,8,10H,7,9,18H2,1-2H3,(H,19,23)(H,21,24);1H. The summed E-state index contributed by atoms with van der Waals surface area (Å²) in [5.74, 6) is -1.03. The summed E-state index contributed by atoms with van der Waals surface area (Å²) < 4.78 is 14.7. The Labute approximate surface area is 151 Å². The summed E-state index contributed by atoms with van der Waals surface area (Å²) in [4.78, 5) is 22.9. The monoisotopic (exact) mass is 369 g/mol. The van der Waals surface area contributed by atoms with Crippen molar-refractivity contribution < 1.29 is 14.0 Å². The molecule has 0 aliphatic heterocycles. The van der Waals surface area contributed by atoms with Crippen molar-refractivity contribution in [3.63, 3.8) is 0 Å². The first kappa shape index (κ1) is 20.6. The number of nitrogens with zero attached hydrogens (tertiary/aromatic N) is 2. The molecule has 0 saturated carbocycles. The van der Waals surface area contributed by atoms with E-state index in [0.717, 1.165) is 16.9 Å². The number of carbonyl (C=O) groups is 2. The van der Waals surface area contributed by atoms with Crippen molar-refractivity contribution in [1.29, 1.82) is 0 Å². The Morgan fingerprint density at radius 1 is 1.28 bits per heavy atom. The van der Waals surface area contributed by atoms with Crippen molar-refractivity contribution in [2.45, 2.75) is 19.9 Å². The molecule has 0 spiro atoms. The van der Waals surface area contributed by atoms with E-state index in [2.05, 4.69) is 15.7 Å². The van der Waals surface area contributed by atoms with Crippen LogP contribution >= 0.6 is 12.4 Å². The number of hydrogen-bond donors (Lipinski definition) is 3. The van der Waals surface area contributed by atoms with Crippen LogP contribution in [0, 0.1) is 12.7 Å². The van der Waals surface area contributed by atoms with Gasteiger partial charge in [0.1, 0.15) is 5.82 Å². The van der Waals surface area contributed by atoms with Gasteiger partial charge in [0.05, 0.1) is 31.0 Å². The smallest absolute Gasteiger partial charge is 0.239 e. The lowest BCUT2D eigenvalue weighted by atomic mass is 10.1. The molecule has 0 aliphatic carbocycles. The molecule has 1 heterocycles. The second kappa shape index (κ2) is 9.14. The van der Waals surface area contributed by atoms with Gasteiger partial charge in [-0.05, 0) is 38.1 Å². The highest BCUT2D eigenvalue weighted by molar-refractivity contribution is 5.85. The van der Waals surface area contributed by atoms with E-state index in [0.29, 0.717) is 0 Å². The van der Waals surface area contributed by atoms with Crippen LogP contribution in [0.3, 0.4) is 0 Å². The van der Waals surface area contributed by atoms with Crippen LogP contribution in [0.2, 0.25) is 0 Å². The van der Waals surface area contributed by atoms with Gasteiger partial charge in [0, 0.05) is 11.3 Å². The minimum atomic E-state index is -0.391. The van der Waals surface area contributed by atoms with Gasteiger partial charge in [-0.2, -0.15) is 5.10 Å². The summed E-state index contributed by atoms with van der Waals surface area (Å²) in [6, 6.07) is 5.69. The molecule has 2 aromatic rings. The number of rotatable bonds is 6. The van der Waals surface area contributed by atoms with E-state index in [1.807, 2.05) is 13.8 Å². The second-order valence-corrected chi connectivity index (χ2v) is 5.34. The largest absolute Gasteiger partial charge is 0.348 e. The van der Waals surface area contributed by atoms with Crippen LogP contribution in [-0.4, -0.2) is 34.7 Å². The highest BCUT2D eigenvalue weighted by Crippen LogP contribution is 2.20. The molecule has 25 heavy (non-hydrogen) atoms. The SMILES string of the molecule is Cc1c(C(C)NC(=O)CNC(=O)CN)cnn1-c1ccc(F)cc1.Cl. The van der Waals surface area contributed by atoms with Crippen LogP contribution in [-0.2, 0) is 9.59 Å². The summed E-state index contributed by atoms with van der Waals surface area (Å²) in [5, 5.41) is 9.48. The maximum absolute atomic E-state index is 13.0. The van der Waals surface area contributed by atoms with Crippen LogP contribution in [0.4, 0.5) is 4.39 Å². The van der Waals surface area contributed by atoms with Crippen LogP contribution in [0.1, 0.15) is 24.2 Å². The van der Waals surface area contributed by atoms with Gasteiger partial charge in [0.25, 0.3) is 0 Å². The summed E-state index contributed by atoms with van der Waals surface area (Å²) in [5.41, 5.74) is 7.56. The lowest BCUT2D eigenvalue weighted by molar-refractivity contribution is -0.125. The second-order valence-electron chi connectivity index (χ2n) is 5.34. The summed E-state index contributed by atoms with van der Waals surface area (Å²) >= 11 is 0. The zero-order chi connectivity index (χ0) is 17.7. The minimum absolute atomic E-state index is 0. The van der Waals surface area contributed by atoms with Gasteiger partial charge in [0.2, 0.25) is 11.8 Å². The first-order chi connectivity index (χ1) is 11.4. The van der Waals surface area contributed by atoms with E-state index in [9.17, 15) is 14.0 Å². The first-order valence-corrected chi connectivity index (χ1v) is 7.49. The number of hydrogen-bond acceptors (Lipinski definition) is 4. The van der Waals surface area contributed by atoms with Crippen LogP contribution in [0.5, 0.6) is 0 Å². The number of nitrogens with one attached hydrogen (secondary N) is 2. The molecule has 7 nitrogen and oxygen atoms in total. The topological polar surface area (TPSA) is 102 Å². The zero-order valence-corrected chi connectivity index (χ0v) is 14.8. The Morgan fingerprint density at radius 2 is 1.92 bits per heavy atom. The molecule has 9 heteroatoms. The molecular weight excluding hydrogens is 349 g/mol. The lowest BCUT2D eigenvalue weighted by Gasteiger charge is -2.14. The van der Waals surface area contributed by atoms with Gasteiger partial charge in [0.15, 0.2) is 0 Å². The van der Waals surface area contributed by atoms with Gasteiger partial charge < -0.3 is 16.4 Å². The molecule has 136 valence electrons. The van der Waals surface area contributed by atoms with E-state index in [4.69, 9.17) is 5.73 Å². The molecule has 0 bridgehead atoms. The molecule has 4 N–H and O–H groups in total. The van der Waals surface area contributed by atoms with E-state index in [1.54, 1.807) is 23.0 Å². The van der Waals surface area contributed by atoms with Gasteiger partial charge in [-0.25, -0.2) is 9.07 Å². The van der Waals surface area contributed by atoms with Crippen molar-refractivity contribution in [3.05, 3.63) is 47.5 Å². The number of benzene rings is 1. The predicted octanol–water partition coefficient (Wildman–Crippen LogP) is 0.994. The predicted molar refractivity (Wildman–Crippen MR) is 94.1 cm³/mol. The minimum Gasteiger partial charge on any atom is -0.348 e. The fraction of sp³-hybridized carbons (Fsp3) is 0.312. The van der Waals surface area contributed by atoms with Crippen molar-refractivity contribution in [2.75, 3.05) is 13.1 Å². The zero-order valence-electron chi connectivity index (χ0n) is 14.0. The number of nitrogens with two attached hydrogens (primary N) is 1. The van der Waals surface area contributed by atoms with Gasteiger partial charge in [-0.1, -0.05) is 0 Å². The fourth-order valence-electron chi connectivity index (χ4n) is 2.31. The lowest BCUT2D eigenvalue weighted by Crippen LogP contribution is -2.40. The highest BCUT2D eigenvalue weighted by atomic mass is 35.5. The molecule has 0 radical (unpaired) electrons. The third kappa shape index (κ3) is 5.27. The van der Waals surface area contributed by atoms with Crippen molar-refractivity contribution in [1.82, 2.24) is 20.4 Å². The van der Waals surface area contributed by atoms with Crippen molar-refractivity contribution >= 4 is 24.2 Å². The molecule has 1 aromatic carbocycles. The number of carbonyl (C=O) groups excluding carboxylic acids is 2. The Balaban J connectivity index is 0.00000312. The normalized spacial score (nSPS) is 11.4. The molecule has 1 aromatic heterocycles. The molecule has 2 amide bonds. The molecular formula is C16H21ClFN5O2. The molecule has 2 rings (SSSR count). The van der Waals surface area contributed by atoms with Crippen LogP contribution in [0.15, 0.2) is 30.5 Å². The van der Waals surface area contributed by atoms with Gasteiger partial charge in [-0.3, -0.25) is 9.59 Å². The molecule has 0 aliphatic rings. The number of aromatic nitrogens is 2. The summed E-state index contributed by atoms with van der Waals surface area (Å²) in [6.45, 7) is 3.39. The average Bonchev–Trinajstić information content (AvgIpc) is 2.95. The molecule has 0 fully saturated rings. The maximum atomic E-state index is 13.0. The van der Waals surface area contributed by atoms with E-state index in [1.165, 1.54) is 12.1 Å². The Kier molecular flexibility index (Phi) is 7.53. The van der Waals surface area contributed by atoms with Crippen molar-refractivity contribution in [2.24, 2.45) is 5.73 Å². The Morgan fingerprint density at radius 3 is 2.52 bits per heavy atom. The fourth-order valence-corrected chi connectivity index (χ4v) is 2.31. The van der Waals surface area contributed by atoms with E-state index < -0.39 is 5.91 Å². The Bertz CT molecular complexity index is 733. The molecule has 1 atom stereocenters. The highest BCUT2D eigenvalue weighted by Gasteiger charge is 2.16. The molecule has 0 saturated heterocycles.